The monoisotopic (exact) mass is 381 g/mol. The Morgan fingerprint density at radius 3 is 1.74 bits per heavy atom. The van der Waals surface area contributed by atoms with Crippen molar-refractivity contribution >= 4 is 11.9 Å². The molecule has 0 radical (unpaired) electrons. The average molecular weight is 381 g/mol. The lowest BCUT2D eigenvalue weighted by Crippen LogP contribution is -2.66. The number of aliphatic hydroxyl groups is 1. The van der Waals surface area contributed by atoms with Gasteiger partial charge in [-0.15, -0.1) is 0 Å². The molecule has 1 heterocycles. The van der Waals surface area contributed by atoms with E-state index in [1.807, 2.05) is 20.8 Å². The second kappa shape index (κ2) is 8.82. The van der Waals surface area contributed by atoms with E-state index in [0.717, 1.165) is 12.8 Å². The van der Waals surface area contributed by atoms with Crippen LogP contribution in [0, 0.1) is 5.92 Å². The van der Waals surface area contributed by atoms with Gasteiger partial charge in [-0.2, -0.15) is 5.06 Å². The van der Waals surface area contributed by atoms with E-state index in [0.29, 0.717) is 6.42 Å². The minimum Gasteiger partial charge on any atom is -0.478 e. The van der Waals surface area contributed by atoms with Crippen molar-refractivity contribution in [2.45, 2.75) is 71.1 Å². The summed E-state index contributed by atoms with van der Waals surface area (Å²) in [5.41, 5.74) is -0.445. The molecule has 7 heteroatoms. The summed E-state index contributed by atoms with van der Waals surface area (Å²) in [6.45, 7) is 10.2. The first-order valence-corrected chi connectivity index (χ1v) is 9.16. The lowest BCUT2D eigenvalue weighted by atomic mass is 9.69. The normalized spacial score (nSPS) is 30.9. The van der Waals surface area contributed by atoms with Gasteiger partial charge in [-0.25, -0.2) is 9.59 Å². The van der Waals surface area contributed by atoms with E-state index in [4.69, 9.17) is 10.2 Å². The first kappa shape index (κ1) is 23.1. The van der Waals surface area contributed by atoms with Crippen molar-refractivity contribution in [3.05, 3.63) is 35.4 Å². The lowest BCUT2D eigenvalue weighted by molar-refractivity contribution is -0.287. The van der Waals surface area contributed by atoms with Crippen LogP contribution in [0.5, 0.6) is 0 Å². The van der Waals surface area contributed by atoms with Gasteiger partial charge in [-0.1, -0.05) is 20.8 Å². The molecule has 27 heavy (non-hydrogen) atoms. The number of hydrogen-bond donors (Lipinski definition) is 4. The molecule has 1 aromatic carbocycles. The summed E-state index contributed by atoms with van der Waals surface area (Å²) in [6.07, 6.45) is 2.03. The minimum atomic E-state index is -1.06. The molecule has 2 rings (SSSR count). The SMILES string of the molecule is CCC1(C)CC(O)C(C)C(C)(CC)N1O.O=C(O)c1ccc(C(=O)O)cc1. The largest absolute Gasteiger partial charge is 0.478 e. The van der Waals surface area contributed by atoms with E-state index < -0.39 is 11.9 Å². The Balaban J connectivity index is 0.000000277. The number of hydrogen-bond acceptors (Lipinski definition) is 5. The second-order valence-electron chi connectivity index (χ2n) is 7.62. The maximum Gasteiger partial charge on any atom is 0.335 e. The smallest absolute Gasteiger partial charge is 0.335 e. The maximum absolute atomic E-state index is 10.4. The highest BCUT2D eigenvalue weighted by atomic mass is 16.5. The molecule has 1 fully saturated rings. The molecular weight excluding hydrogens is 350 g/mol. The highest BCUT2D eigenvalue weighted by molar-refractivity contribution is 5.91. The maximum atomic E-state index is 10.4. The van der Waals surface area contributed by atoms with Gasteiger partial charge in [-0.3, -0.25) is 0 Å². The summed E-state index contributed by atoms with van der Waals surface area (Å²) in [7, 11) is 0. The molecule has 0 bridgehead atoms. The van der Waals surface area contributed by atoms with Gasteiger partial charge in [0, 0.05) is 17.0 Å². The minimum absolute atomic E-state index is 0.0833. The Labute approximate surface area is 160 Å². The summed E-state index contributed by atoms with van der Waals surface area (Å²) in [5.74, 6) is -2.02. The Hall–Kier alpha value is -1.96. The molecule has 1 aromatic rings. The van der Waals surface area contributed by atoms with Crippen molar-refractivity contribution in [2.24, 2.45) is 5.92 Å². The van der Waals surface area contributed by atoms with Crippen molar-refractivity contribution in [1.82, 2.24) is 5.06 Å². The van der Waals surface area contributed by atoms with Crippen molar-refractivity contribution < 1.29 is 30.1 Å². The first-order chi connectivity index (χ1) is 12.4. The van der Waals surface area contributed by atoms with Crippen LogP contribution < -0.4 is 0 Å². The third-order valence-electron chi connectivity index (χ3n) is 6.06. The van der Waals surface area contributed by atoms with Crippen LogP contribution in [0.15, 0.2) is 24.3 Å². The van der Waals surface area contributed by atoms with Crippen LogP contribution in [0.1, 0.15) is 74.6 Å². The highest BCUT2D eigenvalue weighted by Gasteiger charge is 2.52. The predicted molar refractivity (Wildman–Crippen MR) is 101 cm³/mol. The number of carbonyl (C=O) groups is 2. The van der Waals surface area contributed by atoms with Gasteiger partial charge in [-0.05, 0) is 57.4 Å². The topological polar surface area (TPSA) is 118 Å². The van der Waals surface area contributed by atoms with Crippen LogP contribution in [0.4, 0.5) is 0 Å². The second-order valence-corrected chi connectivity index (χ2v) is 7.62. The fourth-order valence-corrected chi connectivity index (χ4v) is 3.46. The number of rotatable bonds is 4. The third kappa shape index (κ3) is 4.86. The standard InChI is InChI=1S/C12H25NO2.C8H6O4/c1-6-11(4)8-10(14)9(3)12(5,7-2)13(11)15;9-7(10)5-1-2-6(4-3-5)8(11)12/h9-10,14-15H,6-8H2,1-5H3;1-4H,(H,9,10)(H,11,12). The van der Waals surface area contributed by atoms with Gasteiger partial charge in [0.05, 0.1) is 17.2 Å². The van der Waals surface area contributed by atoms with E-state index in [2.05, 4.69) is 13.8 Å². The molecule has 1 aliphatic heterocycles. The van der Waals surface area contributed by atoms with E-state index in [-0.39, 0.29) is 34.2 Å². The van der Waals surface area contributed by atoms with E-state index in [1.165, 1.54) is 29.3 Å². The Bertz CT molecular complexity index is 628. The van der Waals surface area contributed by atoms with E-state index in [9.17, 15) is 19.9 Å². The zero-order valence-electron chi connectivity index (χ0n) is 16.6. The number of aromatic carboxylic acids is 2. The van der Waals surface area contributed by atoms with E-state index >= 15 is 0 Å². The molecule has 0 amide bonds. The number of hydroxylamine groups is 2. The molecule has 4 atom stereocenters. The van der Waals surface area contributed by atoms with Crippen molar-refractivity contribution in [1.29, 1.82) is 0 Å². The number of carboxylic acid groups (broad SMARTS) is 2. The summed E-state index contributed by atoms with van der Waals surface area (Å²) in [5, 5.41) is 38.9. The Morgan fingerprint density at radius 2 is 1.44 bits per heavy atom. The molecule has 1 aliphatic rings. The van der Waals surface area contributed by atoms with Gasteiger partial charge in [0.15, 0.2) is 0 Å². The van der Waals surface area contributed by atoms with Crippen LogP contribution in [0.25, 0.3) is 0 Å². The first-order valence-electron chi connectivity index (χ1n) is 9.16. The molecule has 7 nitrogen and oxygen atoms in total. The van der Waals surface area contributed by atoms with Gasteiger partial charge in [0.25, 0.3) is 0 Å². The van der Waals surface area contributed by atoms with Gasteiger partial charge < -0.3 is 20.5 Å². The predicted octanol–water partition coefficient (Wildman–Crippen LogP) is 3.50. The van der Waals surface area contributed by atoms with Crippen LogP contribution >= 0.6 is 0 Å². The summed E-state index contributed by atoms with van der Waals surface area (Å²) in [6, 6.07) is 5.02. The fourth-order valence-electron chi connectivity index (χ4n) is 3.46. The molecule has 4 N–H and O–H groups in total. The lowest BCUT2D eigenvalue weighted by Gasteiger charge is -2.56. The number of aliphatic hydroxyl groups excluding tert-OH is 1. The molecule has 0 aliphatic carbocycles. The molecule has 4 unspecified atom stereocenters. The van der Waals surface area contributed by atoms with Gasteiger partial charge in [0.1, 0.15) is 0 Å². The molecular formula is C20H31NO6. The average Bonchev–Trinajstić information content (AvgIpc) is 2.65. The quantitative estimate of drug-likeness (QED) is 0.630. The van der Waals surface area contributed by atoms with Gasteiger partial charge >= 0.3 is 11.9 Å². The molecule has 0 aromatic heterocycles. The highest BCUT2D eigenvalue weighted by Crippen LogP contribution is 2.44. The molecule has 1 saturated heterocycles. The Kier molecular flexibility index (Phi) is 7.54. The summed E-state index contributed by atoms with van der Waals surface area (Å²) in [4.78, 5) is 20.7. The Morgan fingerprint density at radius 1 is 1.04 bits per heavy atom. The van der Waals surface area contributed by atoms with Crippen LogP contribution in [-0.2, 0) is 0 Å². The summed E-state index contributed by atoms with van der Waals surface area (Å²) >= 11 is 0. The van der Waals surface area contributed by atoms with Crippen LogP contribution in [-0.4, -0.2) is 54.7 Å². The van der Waals surface area contributed by atoms with Crippen molar-refractivity contribution in [2.75, 3.05) is 0 Å². The van der Waals surface area contributed by atoms with Crippen LogP contribution in [0.2, 0.25) is 0 Å². The molecule has 0 saturated carbocycles. The van der Waals surface area contributed by atoms with Gasteiger partial charge in [0.2, 0.25) is 0 Å². The zero-order chi connectivity index (χ0) is 21.0. The van der Waals surface area contributed by atoms with Crippen LogP contribution in [0.3, 0.4) is 0 Å². The number of piperidine rings is 1. The summed E-state index contributed by atoms with van der Waals surface area (Å²) < 4.78 is 0. The molecule has 152 valence electrons. The third-order valence-corrected chi connectivity index (χ3v) is 6.06. The fraction of sp³-hybridized carbons (Fsp3) is 0.600. The number of carboxylic acids is 2. The zero-order valence-corrected chi connectivity index (χ0v) is 16.6. The van der Waals surface area contributed by atoms with Crippen molar-refractivity contribution in [3.8, 4) is 0 Å². The number of benzene rings is 1. The molecule has 0 spiro atoms. The number of nitrogens with zero attached hydrogens (tertiary/aromatic N) is 1. The van der Waals surface area contributed by atoms with E-state index in [1.54, 1.807) is 0 Å². The van der Waals surface area contributed by atoms with Crippen molar-refractivity contribution in [3.63, 3.8) is 0 Å².